The van der Waals surface area contributed by atoms with Gasteiger partial charge in [-0.2, -0.15) is 0 Å². The Morgan fingerprint density at radius 2 is 1.77 bits per heavy atom. The Morgan fingerprint density at radius 1 is 1.08 bits per heavy atom. The van der Waals surface area contributed by atoms with E-state index < -0.39 is 9.84 Å². The van der Waals surface area contributed by atoms with Crippen LogP contribution in [0.5, 0.6) is 0 Å². The van der Waals surface area contributed by atoms with Gasteiger partial charge in [0, 0.05) is 30.9 Å². The normalized spacial score (nSPS) is 22.0. The lowest BCUT2D eigenvalue weighted by Crippen LogP contribution is -2.35. The van der Waals surface area contributed by atoms with Gasteiger partial charge in [-0.1, -0.05) is 0 Å². The Morgan fingerprint density at radius 3 is 2.38 bits per heavy atom. The average Bonchev–Trinajstić information content (AvgIpc) is 3.00. The van der Waals surface area contributed by atoms with Crippen LogP contribution >= 0.6 is 0 Å². The van der Waals surface area contributed by atoms with Crippen molar-refractivity contribution in [1.29, 1.82) is 0 Å². The maximum Gasteiger partial charge on any atom is 0.319 e. The van der Waals surface area contributed by atoms with Crippen molar-refractivity contribution in [2.45, 2.75) is 25.7 Å². The average molecular weight is 379 g/mol. The van der Waals surface area contributed by atoms with Crippen molar-refractivity contribution >= 4 is 27.5 Å². The monoisotopic (exact) mass is 379 g/mol. The molecule has 0 aliphatic carbocycles. The second-order valence-electron chi connectivity index (χ2n) is 7.03. The molecular weight excluding hydrogens is 354 g/mol. The Bertz CT molecular complexity index is 755. The van der Waals surface area contributed by atoms with E-state index in [9.17, 15) is 18.0 Å². The van der Waals surface area contributed by atoms with E-state index in [0.717, 1.165) is 25.9 Å². The third-order valence-electron chi connectivity index (χ3n) is 4.91. The molecule has 2 heterocycles. The molecule has 3 rings (SSSR count). The van der Waals surface area contributed by atoms with Crippen LogP contribution in [-0.2, 0) is 9.84 Å². The smallest absolute Gasteiger partial charge is 0.319 e. The number of nitrogens with one attached hydrogen (secondary N) is 2. The number of likely N-dealkylation sites (tertiary alicyclic amines) is 1. The number of benzene rings is 1. The largest absolute Gasteiger partial charge is 0.339 e. The maximum absolute atomic E-state index is 12.4. The van der Waals surface area contributed by atoms with E-state index in [1.165, 1.54) is 6.42 Å². The number of hydrogen-bond donors (Lipinski definition) is 2. The second-order valence-corrected chi connectivity index (χ2v) is 9.26. The van der Waals surface area contributed by atoms with Crippen molar-refractivity contribution in [2.24, 2.45) is 5.92 Å². The quantitative estimate of drug-likeness (QED) is 0.835. The molecule has 0 saturated carbocycles. The van der Waals surface area contributed by atoms with Gasteiger partial charge in [0.25, 0.3) is 5.91 Å². The molecule has 0 aromatic heterocycles. The Balaban J connectivity index is 1.47. The van der Waals surface area contributed by atoms with Gasteiger partial charge in [-0.3, -0.25) is 4.79 Å². The summed E-state index contributed by atoms with van der Waals surface area (Å²) in [4.78, 5) is 26.2. The molecule has 8 heteroatoms. The minimum absolute atomic E-state index is 0.0182. The predicted molar refractivity (Wildman–Crippen MR) is 100.0 cm³/mol. The van der Waals surface area contributed by atoms with Gasteiger partial charge in [-0.25, -0.2) is 13.2 Å². The summed E-state index contributed by atoms with van der Waals surface area (Å²) in [5.74, 6) is 0.354. The molecule has 2 aliphatic rings. The standard InChI is InChI=1S/C18H25N3O4S/c22-17(21-9-2-1-3-10-21)15-4-6-16(7-5-15)20-18(23)19-12-14-8-11-26(24,25)13-14/h4-7,14H,1-3,8-13H2,(H2,19,20,23). The number of sulfone groups is 1. The summed E-state index contributed by atoms with van der Waals surface area (Å²) < 4.78 is 22.8. The minimum Gasteiger partial charge on any atom is -0.339 e. The SMILES string of the molecule is O=C(NCC1CCS(=O)(=O)C1)Nc1ccc(C(=O)N2CCCCC2)cc1. The fourth-order valence-corrected chi connectivity index (χ4v) is 5.28. The molecule has 0 radical (unpaired) electrons. The third kappa shape index (κ3) is 4.97. The molecule has 2 saturated heterocycles. The molecule has 3 amide bonds. The van der Waals surface area contributed by atoms with Crippen molar-refractivity contribution in [3.8, 4) is 0 Å². The van der Waals surface area contributed by atoms with Crippen LogP contribution in [-0.4, -0.2) is 56.4 Å². The van der Waals surface area contributed by atoms with E-state index >= 15 is 0 Å². The first-order valence-corrected chi connectivity index (χ1v) is 10.9. The fourth-order valence-electron chi connectivity index (χ4n) is 3.42. The molecule has 2 aliphatic heterocycles. The number of rotatable bonds is 4. The molecule has 0 bridgehead atoms. The molecule has 1 aromatic rings. The lowest BCUT2D eigenvalue weighted by molar-refractivity contribution is 0.0724. The van der Waals surface area contributed by atoms with Crippen LogP contribution in [0.4, 0.5) is 10.5 Å². The van der Waals surface area contributed by atoms with E-state index in [1.54, 1.807) is 24.3 Å². The molecule has 7 nitrogen and oxygen atoms in total. The molecule has 1 atom stereocenters. The Labute approximate surface area is 154 Å². The van der Waals surface area contributed by atoms with Crippen LogP contribution < -0.4 is 10.6 Å². The van der Waals surface area contributed by atoms with Crippen molar-refractivity contribution in [3.05, 3.63) is 29.8 Å². The van der Waals surface area contributed by atoms with Crippen molar-refractivity contribution in [1.82, 2.24) is 10.2 Å². The molecule has 2 N–H and O–H groups in total. The minimum atomic E-state index is -2.93. The zero-order valence-corrected chi connectivity index (χ0v) is 15.6. The van der Waals surface area contributed by atoms with Gasteiger partial charge in [0.1, 0.15) is 0 Å². The van der Waals surface area contributed by atoms with E-state index in [2.05, 4.69) is 10.6 Å². The van der Waals surface area contributed by atoms with Crippen LogP contribution in [0.1, 0.15) is 36.0 Å². The molecule has 0 spiro atoms. The topological polar surface area (TPSA) is 95.6 Å². The number of hydrogen-bond acceptors (Lipinski definition) is 4. The highest BCUT2D eigenvalue weighted by Crippen LogP contribution is 2.18. The number of piperidine rings is 1. The summed E-state index contributed by atoms with van der Waals surface area (Å²) in [7, 11) is -2.93. The number of nitrogens with zero attached hydrogens (tertiary/aromatic N) is 1. The zero-order valence-electron chi connectivity index (χ0n) is 14.7. The van der Waals surface area contributed by atoms with Gasteiger partial charge in [0.2, 0.25) is 0 Å². The number of anilines is 1. The van der Waals surface area contributed by atoms with Crippen LogP contribution in [0.25, 0.3) is 0 Å². The first-order valence-electron chi connectivity index (χ1n) is 9.07. The molecule has 1 aromatic carbocycles. The number of amides is 3. The van der Waals surface area contributed by atoms with Crippen LogP contribution in [0.15, 0.2) is 24.3 Å². The summed E-state index contributed by atoms with van der Waals surface area (Å²) in [5.41, 5.74) is 1.21. The van der Waals surface area contributed by atoms with E-state index in [4.69, 9.17) is 0 Å². The third-order valence-corrected chi connectivity index (χ3v) is 6.75. The summed E-state index contributed by atoms with van der Waals surface area (Å²) in [6.07, 6.45) is 3.87. The van der Waals surface area contributed by atoms with Gasteiger partial charge in [0.05, 0.1) is 11.5 Å². The fraction of sp³-hybridized carbons (Fsp3) is 0.556. The van der Waals surface area contributed by atoms with E-state index in [-0.39, 0.29) is 29.4 Å². The van der Waals surface area contributed by atoms with Gasteiger partial charge in [-0.15, -0.1) is 0 Å². The van der Waals surface area contributed by atoms with Crippen LogP contribution in [0, 0.1) is 5.92 Å². The van der Waals surface area contributed by atoms with E-state index in [1.807, 2.05) is 4.90 Å². The molecule has 2 fully saturated rings. The van der Waals surface area contributed by atoms with Crippen molar-refractivity contribution in [3.63, 3.8) is 0 Å². The highest BCUT2D eigenvalue weighted by molar-refractivity contribution is 7.91. The zero-order chi connectivity index (χ0) is 18.6. The number of urea groups is 1. The van der Waals surface area contributed by atoms with Gasteiger partial charge in [-0.05, 0) is 55.9 Å². The van der Waals surface area contributed by atoms with E-state index in [0.29, 0.717) is 24.2 Å². The first kappa shape index (κ1) is 18.7. The summed E-state index contributed by atoms with van der Waals surface area (Å²) in [6.45, 7) is 1.95. The van der Waals surface area contributed by atoms with Gasteiger partial charge in [0.15, 0.2) is 9.84 Å². The highest BCUT2D eigenvalue weighted by Gasteiger charge is 2.27. The second kappa shape index (κ2) is 8.07. The van der Waals surface area contributed by atoms with Gasteiger partial charge >= 0.3 is 6.03 Å². The van der Waals surface area contributed by atoms with Crippen molar-refractivity contribution in [2.75, 3.05) is 36.5 Å². The lowest BCUT2D eigenvalue weighted by Gasteiger charge is -2.26. The maximum atomic E-state index is 12.4. The Hall–Kier alpha value is -2.09. The summed E-state index contributed by atoms with van der Waals surface area (Å²) in [6, 6.07) is 6.48. The van der Waals surface area contributed by atoms with Crippen LogP contribution in [0.3, 0.4) is 0 Å². The summed E-state index contributed by atoms with van der Waals surface area (Å²) >= 11 is 0. The molecule has 26 heavy (non-hydrogen) atoms. The number of carbonyl (C=O) groups is 2. The predicted octanol–water partition coefficient (Wildman–Crippen LogP) is 1.87. The van der Waals surface area contributed by atoms with Gasteiger partial charge < -0.3 is 15.5 Å². The highest BCUT2D eigenvalue weighted by atomic mass is 32.2. The Kier molecular flexibility index (Phi) is 5.80. The number of carbonyl (C=O) groups excluding carboxylic acids is 2. The van der Waals surface area contributed by atoms with Crippen molar-refractivity contribution < 1.29 is 18.0 Å². The van der Waals surface area contributed by atoms with Crippen LogP contribution in [0.2, 0.25) is 0 Å². The summed E-state index contributed by atoms with van der Waals surface area (Å²) in [5, 5.41) is 5.42. The first-order chi connectivity index (χ1) is 12.4. The molecule has 142 valence electrons. The molecule has 1 unspecified atom stereocenters. The molecular formula is C18H25N3O4S. The lowest BCUT2D eigenvalue weighted by atomic mass is 10.1.